The van der Waals surface area contributed by atoms with Crippen molar-refractivity contribution in [3.8, 4) is 0 Å². The molecular weight excluding hydrogens is 315 g/mol. The second-order valence-electron chi connectivity index (χ2n) is 5.42. The summed E-state index contributed by atoms with van der Waals surface area (Å²) in [5.74, 6) is -2.03. The molecule has 0 radical (unpaired) electrons. The van der Waals surface area contributed by atoms with Crippen LogP contribution in [0.3, 0.4) is 0 Å². The standard InChI is InChI=1S/C13H14F3N5O2/c1-23-11(22)6-2-3-7(4-6)21-10-8(9(17)18-5-19-10)20-12(21)13(14,15)16/h5-7H,2-4H2,1H3,(H2,17,18,19)/t6-,7-/m1/s1. The fraction of sp³-hybridized carbons (Fsp3) is 0.538. The van der Waals surface area contributed by atoms with E-state index in [9.17, 15) is 18.0 Å². The number of anilines is 1. The molecule has 1 aliphatic carbocycles. The number of carbonyl (C=O) groups excluding carboxylic acids is 1. The van der Waals surface area contributed by atoms with Gasteiger partial charge in [-0.1, -0.05) is 0 Å². The summed E-state index contributed by atoms with van der Waals surface area (Å²) in [6.45, 7) is 0. The molecule has 10 heteroatoms. The molecule has 3 rings (SSSR count). The van der Waals surface area contributed by atoms with E-state index in [4.69, 9.17) is 5.73 Å². The first-order valence-electron chi connectivity index (χ1n) is 6.96. The first kappa shape index (κ1) is 15.5. The van der Waals surface area contributed by atoms with E-state index in [2.05, 4.69) is 19.7 Å². The summed E-state index contributed by atoms with van der Waals surface area (Å²) in [6.07, 6.45) is -2.46. The smallest absolute Gasteiger partial charge is 0.449 e. The number of ether oxygens (including phenoxy) is 1. The number of imidazole rings is 1. The van der Waals surface area contributed by atoms with Crippen molar-refractivity contribution in [3.05, 3.63) is 12.2 Å². The molecule has 2 atom stereocenters. The van der Waals surface area contributed by atoms with Gasteiger partial charge in [-0.15, -0.1) is 0 Å². The molecule has 1 aliphatic rings. The number of halogens is 3. The average molecular weight is 329 g/mol. The number of hydrogen-bond acceptors (Lipinski definition) is 6. The van der Waals surface area contributed by atoms with Gasteiger partial charge in [0.25, 0.3) is 0 Å². The molecule has 0 amide bonds. The van der Waals surface area contributed by atoms with Crippen molar-refractivity contribution in [1.82, 2.24) is 19.5 Å². The van der Waals surface area contributed by atoms with E-state index in [-0.39, 0.29) is 23.4 Å². The minimum atomic E-state index is -4.66. The summed E-state index contributed by atoms with van der Waals surface area (Å²) in [7, 11) is 1.26. The third-order valence-corrected chi connectivity index (χ3v) is 4.06. The second kappa shape index (κ2) is 5.36. The molecule has 0 saturated heterocycles. The van der Waals surface area contributed by atoms with Crippen LogP contribution in [0.4, 0.5) is 19.0 Å². The molecule has 23 heavy (non-hydrogen) atoms. The van der Waals surface area contributed by atoms with Crippen LogP contribution >= 0.6 is 0 Å². The Morgan fingerprint density at radius 3 is 2.78 bits per heavy atom. The number of carbonyl (C=O) groups is 1. The molecule has 0 unspecified atom stereocenters. The van der Waals surface area contributed by atoms with Gasteiger partial charge in [-0.3, -0.25) is 4.79 Å². The summed E-state index contributed by atoms with van der Waals surface area (Å²) in [4.78, 5) is 22.8. The van der Waals surface area contributed by atoms with Crippen molar-refractivity contribution in [2.24, 2.45) is 5.92 Å². The van der Waals surface area contributed by atoms with Crippen LogP contribution in [0.2, 0.25) is 0 Å². The molecule has 0 aromatic carbocycles. The molecule has 1 saturated carbocycles. The summed E-state index contributed by atoms with van der Waals surface area (Å²) in [5, 5.41) is 0. The van der Waals surface area contributed by atoms with Crippen LogP contribution in [-0.2, 0) is 15.7 Å². The van der Waals surface area contributed by atoms with E-state index in [1.54, 1.807) is 0 Å². The third-order valence-electron chi connectivity index (χ3n) is 4.06. The van der Waals surface area contributed by atoms with Crippen LogP contribution in [0.25, 0.3) is 11.2 Å². The Morgan fingerprint density at radius 1 is 1.39 bits per heavy atom. The molecule has 0 spiro atoms. The number of nitrogens with two attached hydrogens (primary N) is 1. The lowest BCUT2D eigenvalue weighted by molar-refractivity contribution is -0.147. The number of hydrogen-bond donors (Lipinski definition) is 1. The van der Waals surface area contributed by atoms with Crippen LogP contribution in [0.5, 0.6) is 0 Å². The van der Waals surface area contributed by atoms with E-state index >= 15 is 0 Å². The van der Waals surface area contributed by atoms with Gasteiger partial charge in [-0.25, -0.2) is 15.0 Å². The number of methoxy groups -OCH3 is 1. The van der Waals surface area contributed by atoms with Gasteiger partial charge >= 0.3 is 12.1 Å². The maximum atomic E-state index is 13.3. The third kappa shape index (κ3) is 2.57. The highest BCUT2D eigenvalue weighted by atomic mass is 19.4. The normalized spacial score (nSPS) is 21.7. The predicted octanol–water partition coefficient (Wildman–Crippen LogP) is 1.94. The molecule has 0 bridgehead atoms. The number of rotatable bonds is 2. The molecular formula is C13H14F3N5O2. The Morgan fingerprint density at radius 2 is 2.13 bits per heavy atom. The zero-order valence-electron chi connectivity index (χ0n) is 12.2. The lowest BCUT2D eigenvalue weighted by atomic mass is 10.1. The molecule has 1 fully saturated rings. The van der Waals surface area contributed by atoms with E-state index < -0.39 is 29.9 Å². The van der Waals surface area contributed by atoms with E-state index in [0.717, 1.165) is 10.9 Å². The summed E-state index contributed by atoms with van der Waals surface area (Å²) < 4.78 is 45.7. The Balaban J connectivity index is 2.09. The Labute approximate surface area is 128 Å². The maximum absolute atomic E-state index is 13.3. The minimum absolute atomic E-state index is 0.0281. The quantitative estimate of drug-likeness (QED) is 0.846. The lowest BCUT2D eigenvalue weighted by Gasteiger charge is -2.17. The summed E-state index contributed by atoms with van der Waals surface area (Å²) in [6, 6.07) is -0.546. The topological polar surface area (TPSA) is 95.9 Å². The molecule has 124 valence electrons. The highest BCUT2D eigenvalue weighted by molar-refractivity contribution is 5.82. The molecule has 7 nitrogen and oxygen atoms in total. The Kier molecular flexibility index (Phi) is 3.61. The van der Waals surface area contributed by atoms with Crippen molar-refractivity contribution in [3.63, 3.8) is 0 Å². The van der Waals surface area contributed by atoms with E-state index in [1.165, 1.54) is 7.11 Å². The largest absolute Gasteiger partial charge is 0.469 e. The van der Waals surface area contributed by atoms with Gasteiger partial charge in [0.2, 0.25) is 5.82 Å². The highest BCUT2D eigenvalue weighted by Crippen LogP contribution is 2.41. The lowest BCUT2D eigenvalue weighted by Crippen LogP contribution is -2.19. The van der Waals surface area contributed by atoms with Gasteiger partial charge in [-0.2, -0.15) is 13.2 Å². The predicted molar refractivity (Wildman–Crippen MR) is 73.1 cm³/mol. The van der Waals surface area contributed by atoms with E-state index in [0.29, 0.717) is 12.8 Å². The molecule has 0 aliphatic heterocycles. The van der Waals surface area contributed by atoms with Gasteiger partial charge in [-0.05, 0) is 19.3 Å². The van der Waals surface area contributed by atoms with Gasteiger partial charge < -0.3 is 15.0 Å². The number of fused-ring (bicyclic) bond motifs is 1. The number of nitrogen functional groups attached to an aromatic ring is 1. The highest BCUT2D eigenvalue weighted by Gasteiger charge is 2.42. The van der Waals surface area contributed by atoms with Crippen LogP contribution in [0, 0.1) is 5.92 Å². The average Bonchev–Trinajstić information content (AvgIpc) is 3.10. The van der Waals surface area contributed by atoms with Crippen molar-refractivity contribution in [2.45, 2.75) is 31.5 Å². The van der Waals surface area contributed by atoms with Crippen molar-refractivity contribution in [1.29, 1.82) is 0 Å². The SMILES string of the molecule is COC(=O)[C@@H]1CC[C@@H](n2c(C(F)(F)F)nc3c(N)ncnc32)C1. The molecule has 2 N–H and O–H groups in total. The fourth-order valence-corrected chi connectivity index (χ4v) is 3.05. The Hall–Kier alpha value is -2.39. The van der Waals surface area contributed by atoms with Crippen molar-refractivity contribution < 1.29 is 22.7 Å². The van der Waals surface area contributed by atoms with Crippen molar-refractivity contribution >= 4 is 23.0 Å². The Bertz CT molecular complexity index is 758. The molecule has 2 heterocycles. The van der Waals surface area contributed by atoms with Crippen LogP contribution in [0.15, 0.2) is 6.33 Å². The monoisotopic (exact) mass is 329 g/mol. The molecule has 2 aromatic rings. The van der Waals surface area contributed by atoms with E-state index in [1.807, 2.05) is 0 Å². The van der Waals surface area contributed by atoms with Gasteiger partial charge in [0.15, 0.2) is 17.0 Å². The first-order chi connectivity index (χ1) is 10.8. The number of aromatic nitrogens is 4. The van der Waals surface area contributed by atoms with Gasteiger partial charge in [0.1, 0.15) is 6.33 Å². The zero-order valence-corrected chi connectivity index (χ0v) is 12.2. The van der Waals surface area contributed by atoms with Crippen LogP contribution in [-0.4, -0.2) is 32.6 Å². The summed E-state index contributed by atoms with van der Waals surface area (Å²) >= 11 is 0. The van der Waals surface area contributed by atoms with Crippen molar-refractivity contribution in [2.75, 3.05) is 12.8 Å². The van der Waals surface area contributed by atoms with Gasteiger partial charge in [0.05, 0.1) is 13.0 Å². The zero-order chi connectivity index (χ0) is 16.8. The number of nitrogens with zero attached hydrogens (tertiary/aromatic N) is 4. The first-order valence-corrected chi connectivity index (χ1v) is 6.96. The minimum Gasteiger partial charge on any atom is -0.469 e. The molecule has 2 aromatic heterocycles. The van der Waals surface area contributed by atoms with Crippen LogP contribution < -0.4 is 5.73 Å². The van der Waals surface area contributed by atoms with Gasteiger partial charge in [0, 0.05) is 6.04 Å². The van der Waals surface area contributed by atoms with Crippen LogP contribution in [0.1, 0.15) is 31.1 Å². The maximum Gasteiger partial charge on any atom is 0.449 e. The fourth-order valence-electron chi connectivity index (χ4n) is 3.05. The summed E-state index contributed by atoms with van der Waals surface area (Å²) in [5.41, 5.74) is 5.56. The second-order valence-corrected chi connectivity index (χ2v) is 5.42. The number of alkyl halides is 3. The number of esters is 1.